The molecule has 230 valence electrons. The van der Waals surface area contributed by atoms with Crippen molar-refractivity contribution >= 4 is 40.7 Å². The summed E-state index contributed by atoms with van der Waals surface area (Å²) >= 11 is 0. The Hall–Kier alpha value is -4.51. The largest absolute Gasteiger partial charge is 0.373 e. The van der Waals surface area contributed by atoms with Crippen molar-refractivity contribution in [3.8, 4) is 0 Å². The molecule has 0 radical (unpaired) electrons. The smallest absolute Gasteiger partial charge is 0.271 e. The number of amides is 3. The second-order valence-electron chi connectivity index (χ2n) is 11.9. The molecule has 3 saturated heterocycles. The number of carbonyl (C=O) groups is 3. The van der Waals surface area contributed by atoms with Crippen LogP contribution in [-0.4, -0.2) is 64.8 Å². The summed E-state index contributed by atoms with van der Waals surface area (Å²) in [4.78, 5) is 49.6. The molecule has 3 fully saturated rings. The van der Waals surface area contributed by atoms with E-state index < -0.39 is 11.9 Å². The molecule has 1 atom stereocenters. The number of imide groups is 1. The Morgan fingerprint density at radius 1 is 0.955 bits per heavy atom. The summed E-state index contributed by atoms with van der Waals surface area (Å²) in [5.74, 6) is 0.525. The van der Waals surface area contributed by atoms with Gasteiger partial charge in [0.25, 0.3) is 5.91 Å². The summed E-state index contributed by atoms with van der Waals surface area (Å²) in [5, 5.41) is 9.07. The number of rotatable bonds is 9. The summed E-state index contributed by atoms with van der Waals surface area (Å²) in [6.07, 6.45) is 8.05. The Morgan fingerprint density at radius 2 is 1.70 bits per heavy atom. The maximum atomic E-state index is 12.3. The van der Waals surface area contributed by atoms with Crippen LogP contribution in [0.5, 0.6) is 0 Å². The molecule has 44 heavy (non-hydrogen) atoms. The average Bonchev–Trinajstić information content (AvgIpc) is 3.04. The molecule has 0 aliphatic carbocycles. The molecule has 4 heterocycles. The minimum Gasteiger partial charge on any atom is -0.373 e. The fraction of sp³-hybridized carbons (Fsp3) is 0.424. The number of aromatic nitrogens is 2. The molecule has 1 aromatic heterocycles. The van der Waals surface area contributed by atoms with Gasteiger partial charge in [0.15, 0.2) is 11.5 Å². The standard InChI is InChI=1S/C33H40N8O3/c34-31(43)30-32(38-28(20-35-30)41-16-4-1-5-17-41)36-25-10-8-22(9-11-25)23-14-18-40(19-15-23)21-24-6-2-3-7-26(24)37-27-12-13-29(42)39-33(27)44/h2-3,6-11,20,23,27,37H,1,4-5,12-19,21H2,(H2,34,43)(H,36,38)(H,39,42,44). The van der Waals surface area contributed by atoms with Crippen LogP contribution in [0.2, 0.25) is 0 Å². The predicted octanol–water partition coefficient (Wildman–Crippen LogP) is 3.91. The van der Waals surface area contributed by atoms with Crippen LogP contribution in [0.4, 0.5) is 23.0 Å². The molecular weight excluding hydrogens is 556 g/mol. The lowest BCUT2D eigenvalue weighted by atomic mass is 9.89. The quantitative estimate of drug-likeness (QED) is 0.270. The van der Waals surface area contributed by atoms with Crippen LogP contribution in [-0.2, 0) is 16.1 Å². The van der Waals surface area contributed by atoms with Gasteiger partial charge in [0.1, 0.15) is 11.9 Å². The van der Waals surface area contributed by atoms with Gasteiger partial charge in [-0.15, -0.1) is 0 Å². The minimum atomic E-state index is -0.608. The lowest BCUT2D eigenvalue weighted by Gasteiger charge is -2.33. The number of nitrogens with one attached hydrogen (secondary N) is 3. The van der Waals surface area contributed by atoms with E-state index in [2.05, 4.69) is 48.9 Å². The van der Waals surface area contributed by atoms with E-state index in [1.54, 1.807) is 6.20 Å². The van der Waals surface area contributed by atoms with E-state index in [1.807, 2.05) is 30.3 Å². The van der Waals surface area contributed by atoms with Gasteiger partial charge >= 0.3 is 0 Å². The maximum Gasteiger partial charge on any atom is 0.271 e. The SMILES string of the molecule is NC(=O)c1ncc(N2CCCCC2)nc1Nc1ccc(C2CCN(Cc3ccccc3NC3CCC(=O)NC3=O)CC2)cc1. The molecule has 3 aromatic rings. The molecule has 2 aromatic carbocycles. The second-order valence-corrected chi connectivity index (χ2v) is 11.9. The summed E-state index contributed by atoms with van der Waals surface area (Å²) in [7, 11) is 0. The van der Waals surface area contributed by atoms with Crippen LogP contribution in [0.1, 0.15) is 72.5 Å². The number of primary amides is 1. The van der Waals surface area contributed by atoms with Gasteiger partial charge in [-0.05, 0) is 86.9 Å². The topological polar surface area (TPSA) is 146 Å². The van der Waals surface area contributed by atoms with Gasteiger partial charge in [-0.2, -0.15) is 0 Å². The van der Waals surface area contributed by atoms with E-state index in [4.69, 9.17) is 10.7 Å². The lowest BCUT2D eigenvalue weighted by molar-refractivity contribution is -0.133. The highest BCUT2D eigenvalue weighted by molar-refractivity contribution is 6.01. The van der Waals surface area contributed by atoms with Crippen LogP contribution < -0.4 is 26.6 Å². The zero-order chi connectivity index (χ0) is 30.5. The first-order chi connectivity index (χ1) is 21.4. The lowest BCUT2D eigenvalue weighted by Crippen LogP contribution is -2.47. The first-order valence-corrected chi connectivity index (χ1v) is 15.6. The van der Waals surface area contributed by atoms with Crippen LogP contribution in [0.15, 0.2) is 54.7 Å². The van der Waals surface area contributed by atoms with E-state index in [1.165, 1.54) is 12.0 Å². The van der Waals surface area contributed by atoms with Gasteiger partial charge in [0.2, 0.25) is 11.8 Å². The molecule has 5 N–H and O–H groups in total. The molecule has 3 amide bonds. The summed E-state index contributed by atoms with van der Waals surface area (Å²) in [5.41, 5.74) is 9.96. The monoisotopic (exact) mass is 596 g/mol. The fourth-order valence-electron chi connectivity index (χ4n) is 6.38. The third-order valence-corrected chi connectivity index (χ3v) is 8.89. The number of carbonyl (C=O) groups excluding carboxylic acids is 3. The zero-order valence-corrected chi connectivity index (χ0v) is 24.9. The molecule has 6 rings (SSSR count). The van der Waals surface area contributed by atoms with Crippen molar-refractivity contribution in [1.82, 2.24) is 20.2 Å². The number of anilines is 4. The molecule has 3 aliphatic rings. The van der Waals surface area contributed by atoms with Gasteiger partial charge in [0.05, 0.1) is 6.20 Å². The van der Waals surface area contributed by atoms with Crippen molar-refractivity contribution in [2.45, 2.75) is 63.5 Å². The Balaban J connectivity index is 1.05. The van der Waals surface area contributed by atoms with Gasteiger partial charge in [-0.1, -0.05) is 30.3 Å². The molecule has 0 bridgehead atoms. The molecule has 0 saturated carbocycles. The number of likely N-dealkylation sites (tertiary alicyclic amines) is 1. The Morgan fingerprint density at radius 3 is 2.43 bits per heavy atom. The number of benzene rings is 2. The summed E-state index contributed by atoms with van der Waals surface area (Å²) < 4.78 is 0. The van der Waals surface area contributed by atoms with Gasteiger partial charge in [-0.3, -0.25) is 24.6 Å². The van der Waals surface area contributed by atoms with Crippen LogP contribution in [0.25, 0.3) is 0 Å². The van der Waals surface area contributed by atoms with Crippen molar-refractivity contribution in [2.75, 3.05) is 41.7 Å². The number of nitrogens with two attached hydrogens (primary N) is 1. The predicted molar refractivity (Wildman–Crippen MR) is 170 cm³/mol. The molecule has 0 spiro atoms. The number of hydrogen-bond acceptors (Lipinski definition) is 9. The van der Waals surface area contributed by atoms with Crippen LogP contribution in [0, 0.1) is 0 Å². The maximum absolute atomic E-state index is 12.3. The van der Waals surface area contributed by atoms with Crippen molar-refractivity contribution in [1.29, 1.82) is 0 Å². The van der Waals surface area contributed by atoms with E-state index in [0.717, 1.165) is 81.2 Å². The number of nitrogens with zero attached hydrogens (tertiary/aromatic N) is 4. The highest BCUT2D eigenvalue weighted by Gasteiger charge is 2.27. The van der Waals surface area contributed by atoms with Crippen molar-refractivity contribution in [2.24, 2.45) is 5.73 Å². The summed E-state index contributed by atoms with van der Waals surface area (Å²) in [6.45, 7) is 4.61. The molecule has 11 nitrogen and oxygen atoms in total. The molecule has 11 heteroatoms. The van der Waals surface area contributed by atoms with Crippen molar-refractivity contribution < 1.29 is 14.4 Å². The molecular formula is C33H40N8O3. The van der Waals surface area contributed by atoms with Gasteiger partial charge < -0.3 is 21.3 Å². The highest BCUT2D eigenvalue weighted by atomic mass is 16.2. The molecule has 3 aliphatic heterocycles. The fourth-order valence-corrected chi connectivity index (χ4v) is 6.38. The number of para-hydroxylation sites is 1. The Bertz CT molecular complexity index is 1500. The third kappa shape index (κ3) is 6.99. The van der Waals surface area contributed by atoms with E-state index >= 15 is 0 Å². The first-order valence-electron chi connectivity index (χ1n) is 15.6. The second kappa shape index (κ2) is 13.4. The average molecular weight is 597 g/mol. The van der Waals surface area contributed by atoms with E-state index in [-0.39, 0.29) is 17.5 Å². The van der Waals surface area contributed by atoms with E-state index in [9.17, 15) is 14.4 Å². The zero-order valence-electron chi connectivity index (χ0n) is 24.9. The van der Waals surface area contributed by atoms with Gasteiger partial charge in [0, 0.05) is 37.4 Å². The van der Waals surface area contributed by atoms with Crippen molar-refractivity contribution in [3.05, 3.63) is 71.5 Å². The van der Waals surface area contributed by atoms with Crippen molar-refractivity contribution in [3.63, 3.8) is 0 Å². The summed E-state index contributed by atoms with van der Waals surface area (Å²) in [6, 6.07) is 16.0. The number of piperidine rings is 3. The van der Waals surface area contributed by atoms with E-state index in [0.29, 0.717) is 24.6 Å². The minimum absolute atomic E-state index is 0.135. The Kier molecular flexibility index (Phi) is 9.02. The van der Waals surface area contributed by atoms with Gasteiger partial charge in [-0.25, -0.2) is 9.97 Å². The first kappa shape index (κ1) is 29.6. The molecule has 1 unspecified atom stereocenters. The van der Waals surface area contributed by atoms with Crippen LogP contribution >= 0.6 is 0 Å². The van der Waals surface area contributed by atoms with Crippen LogP contribution in [0.3, 0.4) is 0 Å². The highest BCUT2D eigenvalue weighted by Crippen LogP contribution is 2.31. The third-order valence-electron chi connectivity index (χ3n) is 8.89. The normalized spacial score (nSPS) is 19.8. The Labute approximate surface area is 257 Å². The number of hydrogen-bond donors (Lipinski definition) is 4.